The first-order chi connectivity index (χ1) is 9.23. The molecule has 0 aliphatic carbocycles. The fourth-order valence-corrected chi connectivity index (χ4v) is 3.50. The Labute approximate surface area is 122 Å². The summed E-state index contributed by atoms with van der Waals surface area (Å²) < 4.78 is 26.9. The van der Waals surface area contributed by atoms with Crippen LogP contribution >= 0.6 is 0 Å². The number of hydrogen-bond donors (Lipinski definition) is 1. The largest absolute Gasteiger partial charge is 0.399 e. The van der Waals surface area contributed by atoms with Gasteiger partial charge in [0.05, 0.1) is 4.90 Å². The number of likely N-dealkylation sites (N-methyl/N-ethyl adjacent to an activating group) is 1. The predicted molar refractivity (Wildman–Crippen MR) is 83.0 cm³/mol. The number of benzene rings is 1. The van der Waals surface area contributed by atoms with Gasteiger partial charge in [-0.25, -0.2) is 8.42 Å². The van der Waals surface area contributed by atoms with Crippen LogP contribution < -0.4 is 5.73 Å². The van der Waals surface area contributed by atoms with E-state index in [1.165, 1.54) is 10.4 Å². The molecular formula is C14H25N3O2S. The van der Waals surface area contributed by atoms with Gasteiger partial charge >= 0.3 is 0 Å². The van der Waals surface area contributed by atoms with E-state index in [2.05, 4.69) is 0 Å². The average molecular weight is 299 g/mol. The summed E-state index contributed by atoms with van der Waals surface area (Å²) in [5.74, 6) is 0.271. The Balaban J connectivity index is 3.03. The lowest BCUT2D eigenvalue weighted by atomic mass is 10.2. The molecule has 0 heterocycles. The Kier molecular flexibility index (Phi) is 5.98. The monoisotopic (exact) mass is 299 g/mol. The molecule has 0 radical (unpaired) electrons. The number of nitrogens with two attached hydrogens (primary N) is 1. The van der Waals surface area contributed by atoms with Gasteiger partial charge in [0, 0.05) is 25.3 Å². The molecule has 0 spiro atoms. The maximum absolute atomic E-state index is 12.7. The Hall–Kier alpha value is -1.11. The van der Waals surface area contributed by atoms with Crippen molar-refractivity contribution in [2.45, 2.75) is 18.7 Å². The Morgan fingerprint density at radius 3 is 2.35 bits per heavy atom. The van der Waals surface area contributed by atoms with E-state index in [0.717, 1.165) is 0 Å². The minimum Gasteiger partial charge on any atom is -0.399 e. The van der Waals surface area contributed by atoms with Gasteiger partial charge in [0.15, 0.2) is 0 Å². The summed E-state index contributed by atoms with van der Waals surface area (Å²) in [5.41, 5.74) is 6.15. The van der Waals surface area contributed by atoms with Crippen LogP contribution in [0.4, 0.5) is 5.69 Å². The summed E-state index contributed by atoms with van der Waals surface area (Å²) in [6, 6.07) is 6.46. The van der Waals surface area contributed by atoms with Crippen molar-refractivity contribution in [3.8, 4) is 0 Å². The molecule has 0 saturated heterocycles. The lowest BCUT2D eigenvalue weighted by Gasteiger charge is -2.25. The zero-order chi connectivity index (χ0) is 15.3. The molecule has 0 bridgehead atoms. The molecule has 0 aliphatic heterocycles. The molecule has 0 aromatic heterocycles. The predicted octanol–water partition coefficient (Wildman–Crippen LogP) is 1.48. The van der Waals surface area contributed by atoms with Crippen LogP contribution in [0.25, 0.3) is 0 Å². The lowest BCUT2D eigenvalue weighted by Crippen LogP contribution is -2.38. The summed E-state index contributed by atoms with van der Waals surface area (Å²) in [6.45, 7) is 5.69. The number of anilines is 1. The molecule has 114 valence electrons. The van der Waals surface area contributed by atoms with Crippen molar-refractivity contribution in [2.75, 3.05) is 39.5 Å². The van der Waals surface area contributed by atoms with Gasteiger partial charge in [0.1, 0.15) is 0 Å². The maximum atomic E-state index is 12.7. The van der Waals surface area contributed by atoms with Crippen LogP contribution in [0, 0.1) is 5.92 Å². The van der Waals surface area contributed by atoms with E-state index in [1.54, 1.807) is 18.2 Å². The lowest BCUT2D eigenvalue weighted by molar-refractivity contribution is 0.312. The highest BCUT2D eigenvalue weighted by Gasteiger charge is 2.25. The Bertz CT molecular complexity index is 527. The van der Waals surface area contributed by atoms with Crippen LogP contribution in [-0.2, 0) is 10.0 Å². The van der Waals surface area contributed by atoms with E-state index in [-0.39, 0.29) is 10.8 Å². The SMILES string of the molecule is CC(C)CN(CCN(C)C)S(=O)(=O)c1cccc(N)c1. The van der Waals surface area contributed by atoms with Gasteiger partial charge in [0.2, 0.25) is 10.0 Å². The fraction of sp³-hybridized carbons (Fsp3) is 0.571. The Morgan fingerprint density at radius 2 is 1.85 bits per heavy atom. The molecule has 1 aromatic rings. The van der Waals surface area contributed by atoms with Crippen LogP contribution in [0.15, 0.2) is 29.2 Å². The van der Waals surface area contributed by atoms with Crippen molar-refractivity contribution in [2.24, 2.45) is 5.92 Å². The van der Waals surface area contributed by atoms with E-state index in [9.17, 15) is 8.42 Å². The summed E-state index contributed by atoms with van der Waals surface area (Å²) in [5, 5.41) is 0. The van der Waals surface area contributed by atoms with Crippen molar-refractivity contribution < 1.29 is 8.42 Å². The molecular weight excluding hydrogens is 274 g/mol. The minimum absolute atomic E-state index is 0.261. The summed E-state index contributed by atoms with van der Waals surface area (Å²) in [7, 11) is 0.375. The van der Waals surface area contributed by atoms with Gasteiger partial charge in [-0.1, -0.05) is 19.9 Å². The number of sulfonamides is 1. The zero-order valence-electron chi connectivity index (χ0n) is 12.7. The third kappa shape index (κ3) is 4.77. The molecule has 0 atom stereocenters. The normalized spacial score (nSPS) is 12.6. The smallest absolute Gasteiger partial charge is 0.243 e. The highest BCUT2D eigenvalue weighted by atomic mass is 32.2. The molecule has 1 rings (SSSR count). The van der Waals surface area contributed by atoms with Gasteiger partial charge in [-0.2, -0.15) is 4.31 Å². The molecule has 0 saturated carbocycles. The Morgan fingerprint density at radius 1 is 1.20 bits per heavy atom. The quantitative estimate of drug-likeness (QED) is 0.774. The first-order valence-electron chi connectivity index (χ1n) is 6.74. The molecule has 5 nitrogen and oxygen atoms in total. The molecule has 2 N–H and O–H groups in total. The van der Waals surface area contributed by atoms with Crippen molar-refractivity contribution >= 4 is 15.7 Å². The second-order valence-corrected chi connectivity index (χ2v) is 7.57. The van der Waals surface area contributed by atoms with Gasteiger partial charge in [-0.3, -0.25) is 0 Å². The summed E-state index contributed by atoms with van der Waals surface area (Å²) in [6.07, 6.45) is 0. The number of rotatable bonds is 7. The van der Waals surface area contributed by atoms with Gasteiger partial charge in [-0.05, 0) is 38.2 Å². The van der Waals surface area contributed by atoms with E-state index in [0.29, 0.717) is 25.3 Å². The number of nitrogens with zero attached hydrogens (tertiary/aromatic N) is 2. The summed E-state index contributed by atoms with van der Waals surface area (Å²) >= 11 is 0. The molecule has 1 aromatic carbocycles. The molecule has 0 fully saturated rings. The standard InChI is InChI=1S/C14H25N3O2S/c1-12(2)11-17(9-8-16(3)4)20(18,19)14-7-5-6-13(15)10-14/h5-7,10,12H,8-9,11,15H2,1-4H3. The van der Waals surface area contributed by atoms with E-state index >= 15 is 0 Å². The first kappa shape index (κ1) is 16.9. The van der Waals surface area contributed by atoms with Crippen molar-refractivity contribution in [1.29, 1.82) is 0 Å². The maximum Gasteiger partial charge on any atom is 0.243 e. The van der Waals surface area contributed by atoms with Crippen LogP contribution in [0.5, 0.6) is 0 Å². The van der Waals surface area contributed by atoms with Crippen molar-refractivity contribution in [1.82, 2.24) is 9.21 Å². The van der Waals surface area contributed by atoms with E-state index in [4.69, 9.17) is 5.73 Å². The number of nitrogen functional groups attached to an aromatic ring is 1. The van der Waals surface area contributed by atoms with Crippen molar-refractivity contribution in [3.05, 3.63) is 24.3 Å². The second kappa shape index (κ2) is 7.06. The highest BCUT2D eigenvalue weighted by Crippen LogP contribution is 2.19. The van der Waals surface area contributed by atoms with Gasteiger partial charge < -0.3 is 10.6 Å². The number of hydrogen-bond acceptors (Lipinski definition) is 4. The molecule has 0 aliphatic rings. The van der Waals surface area contributed by atoms with Crippen LogP contribution in [0.2, 0.25) is 0 Å². The van der Waals surface area contributed by atoms with E-state index < -0.39 is 10.0 Å². The molecule has 20 heavy (non-hydrogen) atoms. The first-order valence-corrected chi connectivity index (χ1v) is 8.18. The van der Waals surface area contributed by atoms with Gasteiger partial charge in [-0.15, -0.1) is 0 Å². The van der Waals surface area contributed by atoms with Gasteiger partial charge in [0.25, 0.3) is 0 Å². The van der Waals surface area contributed by atoms with Crippen LogP contribution in [-0.4, -0.2) is 51.4 Å². The highest BCUT2D eigenvalue weighted by molar-refractivity contribution is 7.89. The zero-order valence-corrected chi connectivity index (χ0v) is 13.5. The van der Waals surface area contributed by atoms with Crippen LogP contribution in [0.3, 0.4) is 0 Å². The minimum atomic E-state index is -3.49. The third-order valence-electron chi connectivity index (χ3n) is 2.86. The van der Waals surface area contributed by atoms with E-state index in [1.807, 2.05) is 32.8 Å². The third-order valence-corrected chi connectivity index (χ3v) is 4.72. The molecule has 6 heteroatoms. The topological polar surface area (TPSA) is 66.6 Å². The fourth-order valence-electron chi connectivity index (χ4n) is 1.85. The van der Waals surface area contributed by atoms with Crippen molar-refractivity contribution in [3.63, 3.8) is 0 Å². The van der Waals surface area contributed by atoms with Crippen LogP contribution in [0.1, 0.15) is 13.8 Å². The molecule has 0 amide bonds. The average Bonchev–Trinajstić information content (AvgIpc) is 2.33. The summed E-state index contributed by atoms with van der Waals surface area (Å²) in [4.78, 5) is 2.24. The molecule has 0 unspecified atom stereocenters. The second-order valence-electron chi connectivity index (χ2n) is 5.63.